The molecule has 0 saturated carbocycles. The van der Waals surface area contributed by atoms with Gasteiger partial charge in [0.25, 0.3) is 5.91 Å². The van der Waals surface area contributed by atoms with Gasteiger partial charge >= 0.3 is 11.9 Å². The molecule has 1 aromatic carbocycles. The summed E-state index contributed by atoms with van der Waals surface area (Å²) >= 11 is 0. The fourth-order valence-electron chi connectivity index (χ4n) is 8.61. The number of methoxy groups -OCH3 is 1. The zero-order valence-corrected chi connectivity index (χ0v) is 43.6. The lowest BCUT2D eigenvalue weighted by molar-refractivity contribution is -0.158. The van der Waals surface area contributed by atoms with Crippen molar-refractivity contribution in [1.82, 2.24) is 26.2 Å². The van der Waals surface area contributed by atoms with E-state index >= 15 is 0 Å². The summed E-state index contributed by atoms with van der Waals surface area (Å²) in [6.07, 6.45) is 3.51. The molecule has 1 aliphatic rings. The Bertz CT molecular complexity index is 1870. The third-order valence-electron chi connectivity index (χ3n) is 12.9. The van der Waals surface area contributed by atoms with E-state index in [1.54, 1.807) is 24.3 Å². The van der Waals surface area contributed by atoms with E-state index in [1.807, 2.05) is 33.8 Å². The van der Waals surface area contributed by atoms with Crippen LogP contribution in [0.3, 0.4) is 0 Å². The van der Waals surface area contributed by atoms with Gasteiger partial charge in [0.15, 0.2) is 17.7 Å². The molecule has 72 heavy (non-hydrogen) atoms. The Morgan fingerprint density at radius 1 is 0.792 bits per heavy atom. The van der Waals surface area contributed by atoms with Gasteiger partial charge in [0.05, 0.1) is 18.7 Å². The van der Waals surface area contributed by atoms with Gasteiger partial charge in [0, 0.05) is 64.3 Å². The molecule has 2 rings (SSSR count). The molecule has 1 fully saturated rings. The van der Waals surface area contributed by atoms with Crippen LogP contribution in [0.4, 0.5) is 0 Å². The topological polar surface area (TPSA) is 305 Å². The second-order valence-electron chi connectivity index (χ2n) is 19.3. The van der Waals surface area contributed by atoms with Crippen molar-refractivity contribution in [3.05, 3.63) is 35.9 Å². The molecule has 1 saturated heterocycles. The number of Topliss-reactive ketones (excluding diaryl/α,β-unsaturated/α-hetero) is 2. The van der Waals surface area contributed by atoms with Crippen LogP contribution in [-0.2, 0) is 63.8 Å². The summed E-state index contributed by atoms with van der Waals surface area (Å²) in [7, 11) is 1.34. The number of benzene rings is 1. The van der Waals surface area contributed by atoms with Gasteiger partial charge in [-0.2, -0.15) is 0 Å². The number of ketones is 2. The van der Waals surface area contributed by atoms with Crippen LogP contribution in [0.25, 0.3) is 0 Å². The van der Waals surface area contributed by atoms with E-state index in [4.69, 9.17) is 20.9 Å². The number of ether oxygens (including phenoxy) is 3. The maximum Gasteiger partial charge on any atom is 0.332 e. The summed E-state index contributed by atoms with van der Waals surface area (Å²) in [5, 5.41) is 21.0. The first kappa shape index (κ1) is 62.8. The zero-order valence-electron chi connectivity index (χ0n) is 43.6. The Kier molecular flexibility index (Phi) is 30.5. The quantitative estimate of drug-likeness (QED) is 0.0370. The molecule has 9 N–H and O–H groups in total. The normalized spacial score (nSPS) is 16.3. The Labute approximate surface area is 425 Å². The van der Waals surface area contributed by atoms with Crippen molar-refractivity contribution < 1.29 is 62.5 Å². The summed E-state index contributed by atoms with van der Waals surface area (Å²) < 4.78 is 15.2. The van der Waals surface area contributed by atoms with Crippen molar-refractivity contribution in [3.63, 3.8) is 0 Å². The highest BCUT2D eigenvalue weighted by Gasteiger charge is 2.40. The monoisotopic (exact) mass is 1020 g/mol. The van der Waals surface area contributed by atoms with Gasteiger partial charge in [-0.05, 0) is 95.2 Å². The number of likely N-dealkylation sites (tertiary alicyclic amines) is 1. The molecule has 8 unspecified atom stereocenters. The number of unbranched alkanes of at least 4 members (excludes halogenated alkanes) is 2. The van der Waals surface area contributed by atoms with Gasteiger partial charge in [-0.15, -0.1) is 0 Å². The Morgan fingerprint density at radius 2 is 1.46 bits per heavy atom. The van der Waals surface area contributed by atoms with Crippen molar-refractivity contribution in [3.8, 4) is 0 Å². The molecule has 1 aromatic rings. The molecule has 8 atom stereocenters. The van der Waals surface area contributed by atoms with E-state index in [2.05, 4.69) is 26.0 Å². The Morgan fingerprint density at radius 3 is 2.08 bits per heavy atom. The van der Waals surface area contributed by atoms with E-state index < -0.39 is 77.7 Å². The lowest BCUT2D eigenvalue weighted by atomic mass is 9.83. The average Bonchev–Trinajstić information content (AvgIpc) is 3.84. The number of carbonyl (C=O) groups is 9. The SMILES string of the molecule is CCC(C)C(CC(=O)C(CC(C)C)NC(=O)CCCOCCNC(=O)C(C)OC(=O)COC)C(=O)NC(CCCCN)C(=O)CC(CCCCN)C(=O)N1CCCC1C(=O)NC(Cc1ccccc1)C(=O)O. The summed E-state index contributed by atoms with van der Waals surface area (Å²) in [6, 6.07) is 4.90. The van der Waals surface area contributed by atoms with Crippen LogP contribution < -0.4 is 32.7 Å². The molecule has 0 aromatic heterocycles. The summed E-state index contributed by atoms with van der Waals surface area (Å²) in [4.78, 5) is 121. The van der Waals surface area contributed by atoms with Crippen LogP contribution >= 0.6 is 0 Å². The summed E-state index contributed by atoms with van der Waals surface area (Å²) in [6.45, 7) is 10.3. The summed E-state index contributed by atoms with van der Waals surface area (Å²) in [5.74, 6) is -6.82. The van der Waals surface area contributed by atoms with Gasteiger partial charge in [0.1, 0.15) is 18.7 Å². The first-order chi connectivity index (χ1) is 34.4. The van der Waals surface area contributed by atoms with Crippen molar-refractivity contribution >= 4 is 53.0 Å². The molecule has 0 bridgehead atoms. The second kappa shape index (κ2) is 34.9. The number of carboxylic acids is 1. The van der Waals surface area contributed by atoms with Crippen molar-refractivity contribution in [2.45, 2.75) is 161 Å². The smallest absolute Gasteiger partial charge is 0.332 e. The number of esters is 1. The highest BCUT2D eigenvalue weighted by molar-refractivity contribution is 5.97. The number of nitrogens with one attached hydrogen (secondary N) is 4. The number of amides is 5. The average molecular weight is 1020 g/mol. The lowest BCUT2D eigenvalue weighted by Gasteiger charge is -2.30. The van der Waals surface area contributed by atoms with Gasteiger partial charge in [0.2, 0.25) is 23.6 Å². The molecular weight excluding hydrogens is 931 g/mol. The Hall–Kier alpha value is -5.31. The first-order valence-electron chi connectivity index (χ1n) is 25.8. The largest absolute Gasteiger partial charge is 0.480 e. The number of carboxylic acid groups (broad SMARTS) is 1. The predicted octanol–water partition coefficient (Wildman–Crippen LogP) is 2.75. The number of hydrogen-bond acceptors (Lipinski definition) is 14. The van der Waals surface area contributed by atoms with Gasteiger partial charge in [-0.1, -0.05) is 70.9 Å². The molecule has 1 aliphatic heterocycles. The predicted molar refractivity (Wildman–Crippen MR) is 270 cm³/mol. The first-order valence-corrected chi connectivity index (χ1v) is 25.8. The minimum absolute atomic E-state index is 0.0245. The molecule has 20 heteroatoms. The maximum absolute atomic E-state index is 14.4. The highest BCUT2D eigenvalue weighted by atomic mass is 16.6. The third-order valence-corrected chi connectivity index (χ3v) is 12.9. The molecule has 0 radical (unpaired) electrons. The van der Waals surface area contributed by atoms with Gasteiger partial charge < -0.3 is 57.0 Å². The fraction of sp³-hybridized carbons (Fsp3) is 0.712. The van der Waals surface area contributed by atoms with Gasteiger partial charge in [-0.3, -0.25) is 33.6 Å². The number of hydrogen-bond donors (Lipinski definition) is 7. The number of aliphatic carboxylic acids is 1. The van der Waals surface area contributed by atoms with Crippen LogP contribution in [0, 0.1) is 23.7 Å². The molecular formula is C52H85N7O13. The van der Waals surface area contributed by atoms with E-state index in [1.165, 1.54) is 18.9 Å². The van der Waals surface area contributed by atoms with E-state index in [9.17, 15) is 48.3 Å². The van der Waals surface area contributed by atoms with Crippen LogP contribution in [-0.4, -0.2) is 146 Å². The third kappa shape index (κ3) is 23.5. The number of nitrogens with zero attached hydrogens (tertiary/aromatic N) is 1. The van der Waals surface area contributed by atoms with Crippen molar-refractivity contribution in [2.24, 2.45) is 35.1 Å². The zero-order chi connectivity index (χ0) is 53.6. The van der Waals surface area contributed by atoms with Crippen molar-refractivity contribution in [1.29, 1.82) is 0 Å². The maximum atomic E-state index is 14.4. The summed E-state index contributed by atoms with van der Waals surface area (Å²) in [5.41, 5.74) is 12.4. The van der Waals surface area contributed by atoms with Crippen LogP contribution in [0.2, 0.25) is 0 Å². The van der Waals surface area contributed by atoms with Gasteiger partial charge in [-0.25, -0.2) is 9.59 Å². The fourth-order valence-corrected chi connectivity index (χ4v) is 8.61. The number of carbonyl (C=O) groups excluding carboxylic acids is 8. The van der Waals surface area contributed by atoms with Crippen LogP contribution in [0.5, 0.6) is 0 Å². The highest BCUT2D eigenvalue weighted by Crippen LogP contribution is 2.27. The van der Waals surface area contributed by atoms with Crippen LogP contribution in [0.15, 0.2) is 30.3 Å². The van der Waals surface area contributed by atoms with Crippen molar-refractivity contribution in [2.75, 3.05) is 53.1 Å². The minimum Gasteiger partial charge on any atom is -0.480 e. The molecule has 20 nitrogen and oxygen atoms in total. The molecule has 5 amide bonds. The lowest BCUT2D eigenvalue weighted by Crippen LogP contribution is -2.53. The molecule has 1 heterocycles. The number of rotatable bonds is 38. The Balaban J connectivity index is 2.16. The molecule has 0 aliphatic carbocycles. The molecule has 0 spiro atoms. The standard InChI is InChI=1S/C52H85N7O13/c1-7-35(4)39(32-45(61)41(29-34(2)3)56-46(62)22-16-27-71-28-25-55-48(64)36(5)72-47(63)33-70-6)49(65)57-40(20-12-14-24-54)44(60)31-38(19-11-13-23-53)51(67)59-26-15-21-43(59)50(66)58-42(52(68)69)30-37-17-9-8-10-18-37/h8-10,17-18,34-36,38-43H,7,11-16,19-33,53-54H2,1-6H3,(H,55,64)(H,56,62)(H,57,65)(H,58,66)(H,68,69). The van der Waals surface area contributed by atoms with E-state index in [0.717, 1.165) is 5.56 Å². The van der Waals surface area contributed by atoms with Crippen LogP contribution in [0.1, 0.15) is 130 Å². The minimum atomic E-state index is -1.22. The van der Waals surface area contributed by atoms with E-state index in [-0.39, 0.29) is 94.3 Å². The number of nitrogens with two attached hydrogens (primary N) is 2. The molecule has 406 valence electrons. The van der Waals surface area contributed by atoms with E-state index in [0.29, 0.717) is 77.3 Å². The second-order valence-corrected chi connectivity index (χ2v) is 19.3.